The maximum absolute atomic E-state index is 6.17. The molecule has 1 aromatic heterocycles. The van der Waals surface area contributed by atoms with Crippen LogP contribution >= 0.6 is 35.4 Å². The first-order chi connectivity index (χ1) is 9.95. The molecule has 21 heavy (non-hydrogen) atoms. The summed E-state index contributed by atoms with van der Waals surface area (Å²) in [5, 5.41) is 12.2. The molecular weight excluding hydrogens is 327 g/mol. The average Bonchev–Trinajstić information content (AvgIpc) is 2.71. The van der Waals surface area contributed by atoms with Gasteiger partial charge >= 0.3 is 0 Å². The van der Waals surface area contributed by atoms with Gasteiger partial charge in [0.2, 0.25) is 0 Å². The van der Waals surface area contributed by atoms with Gasteiger partial charge in [0.15, 0.2) is 10.9 Å². The zero-order chi connectivity index (χ0) is 15.4. The third-order valence-corrected chi connectivity index (χ3v) is 3.52. The summed E-state index contributed by atoms with van der Waals surface area (Å²) in [7, 11) is 0. The van der Waals surface area contributed by atoms with Crippen LogP contribution in [0.1, 0.15) is 19.4 Å². The molecule has 2 N–H and O–H groups in total. The molecule has 0 aliphatic heterocycles. The summed E-state index contributed by atoms with van der Waals surface area (Å²) in [5.41, 5.74) is 0.979. The summed E-state index contributed by atoms with van der Waals surface area (Å²) < 4.78 is 1.73. The van der Waals surface area contributed by atoms with Crippen molar-refractivity contribution in [3.63, 3.8) is 0 Å². The third kappa shape index (κ3) is 4.59. The van der Waals surface area contributed by atoms with E-state index >= 15 is 0 Å². The zero-order valence-corrected chi connectivity index (χ0v) is 14.1. The minimum atomic E-state index is 0.244. The van der Waals surface area contributed by atoms with Crippen LogP contribution in [0.4, 0.5) is 5.82 Å². The Morgan fingerprint density at radius 1 is 1.29 bits per heavy atom. The lowest BCUT2D eigenvalue weighted by Crippen LogP contribution is -2.34. The maximum atomic E-state index is 6.17. The van der Waals surface area contributed by atoms with Crippen molar-refractivity contribution < 1.29 is 0 Å². The maximum Gasteiger partial charge on any atom is 0.173 e. The van der Waals surface area contributed by atoms with E-state index in [0.717, 1.165) is 5.56 Å². The highest BCUT2D eigenvalue weighted by molar-refractivity contribution is 7.80. The van der Waals surface area contributed by atoms with Crippen LogP contribution in [0.15, 0.2) is 30.5 Å². The molecule has 4 nitrogen and oxygen atoms in total. The van der Waals surface area contributed by atoms with E-state index in [-0.39, 0.29) is 6.04 Å². The lowest BCUT2D eigenvalue weighted by molar-refractivity contribution is 0.689. The fourth-order valence-electron chi connectivity index (χ4n) is 1.77. The second-order valence-electron chi connectivity index (χ2n) is 4.87. The minimum Gasteiger partial charge on any atom is -0.360 e. The van der Waals surface area contributed by atoms with Crippen LogP contribution in [-0.2, 0) is 6.54 Å². The molecule has 0 bridgehead atoms. The van der Waals surface area contributed by atoms with Gasteiger partial charge in [-0.25, -0.2) is 0 Å². The summed E-state index contributed by atoms with van der Waals surface area (Å²) in [5.74, 6) is 0.530. The monoisotopic (exact) mass is 342 g/mol. The Morgan fingerprint density at radius 2 is 2.00 bits per heavy atom. The highest BCUT2D eigenvalue weighted by Gasteiger charge is 2.10. The fourth-order valence-corrected chi connectivity index (χ4v) is 2.50. The average molecular weight is 343 g/mol. The molecule has 1 heterocycles. The zero-order valence-electron chi connectivity index (χ0n) is 11.7. The predicted octanol–water partition coefficient (Wildman–Crippen LogP) is 3.93. The number of anilines is 1. The van der Waals surface area contributed by atoms with Crippen molar-refractivity contribution in [3.8, 4) is 0 Å². The molecule has 1 aromatic carbocycles. The predicted molar refractivity (Wildman–Crippen MR) is 92.3 cm³/mol. The molecule has 0 saturated carbocycles. The van der Waals surface area contributed by atoms with Crippen molar-refractivity contribution in [3.05, 3.63) is 46.1 Å². The molecule has 0 amide bonds. The molecule has 0 aliphatic rings. The molecule has 0 atom stereocenters. The number of aromatic nitrogens is 2. The van der Waals surface area contributed by atoms with Gasteiger partial charge in [-0.05, 0) is 37.7 Å². The van der Waals surface area contributed by atoms with E-state index in [4.69, 9.17) is 35.4 Å². The van der Waals surface area contributed by atoms with Gasteiger partial charge in [0, 0.05) is 17.3 Å². The molecule has 0 unspecified atom stereocenters. The second-order valence-corrected chi connectivity index (χ2v) is 6.09. The summed E-state index contributed by atoms with van der Waals surface area (Å²) in [4.78, 5) is 0. The summed E-state index contributed by atoms with van der Waals surface area (Å²) in [6, 6.07) is 7.88. The van der Waals surface area contributed by atoms with Crippen LogP contribution in [0.3, 0.4) is 0 Å². The van der Waals surface area contributed by atoms with Crippen LogP contribution < -0.4 is 10.6 Å². The lowest BCUT2D eigenvalue weighted by Gasteiger charge is -2.11. The Balaban J connectivity index is 2.09. The number of rotatable bonds is 4. The van der Waals surface area contributed by atoms with Crippen molar-refractivity contribution in [2.75, 3.05) is 5.32 Å². The quantitative estimate of drug-likeness (QED) is 0.826. The second kappa shape index (κ2) is 7.11. The Labute approximate surface area is 139 Å². The highest BCUT2D eigenvalue weighted by Crippen LogP contribution is 2.22. The van der Waals surface area contributed by atoms with E-state index < -0.39 is 0 Å². The van der Waals surface area contributed by atoms with Crippen LogP contribution in [0, 0.1) is 0 Å². The lowest BCUT2D eigenvalue weighted by atomic mass is 10.2. The Kier molecular flexibility index (Phi) is 5.45. The molecule has 0 radical (unpaired) electrons. The third-order valence-electron chi connectivity index (χ3n) is 2.66. The summed E-state index contributed by atoms with van der Waals surface area (Å²) in [6.07, 6.45) is 1.74. The van der Waals surface area contributed by atoms with E-state index in [1.165, 1.54) is 0 Å². The first-order valence-corrected chi connectivity index (χ1v) is 7.66. The van der Waals surface area contributed by atoms with E-state index in [2.05, 4.69) is 15.7 Å². The van der Waals surface area contributed by atoms with Gasteiger partial charge in [0.25, 0.3) is 0 Å². The van der Waals surface area contributed by atoms with Gasteiger partial charge < -0.3 is 10.6 Å². The summed E-state index contributed by atoms with van der Waals surface area (Å²) in [6.45, 7) is 4.56. The standard InChI is InChI=1S/C14H16Cl2N4S/c1-9(2)17-14(21)18-13-12(16)8-20(19-13)7-10-5-3-4-6-11(10)15/h3-6,8-9H,7H2,1-2H3,(H2,17,18,19,21). The highest BCUT2D eigenvalue weighted by atomic mass is 35.5. The van der Waals surface area contributed by atoms with Crippen LogP contribution in [0.5, 0.6) is 0 Å². The molecular formula is C14H16Cl2N4S. The van der Waals surface area contributed by atoms with Crippen LogP contribution in [0.2, 0.25) is 10.0 Å². The first kappa shape index (κ1) is 16.1. The van der Waals surface area contributed by atoms with Gasteiger partial charge in [0.05, 0.1) is 6.54 Å². The van der Waals surface area contributed by atoms with Crippen molar-refractivity contribution in [1.29, 1.82) is 0 Å². The summed E-state index contributed by atoms with van der Waals surface area (Å²) >= 11 is 17.5. The van der Waals surface area contributed by atoms with E-state index in [1.54, 1.807) is 10.9 Å². The minimum absolute atomic E-state index is 0.244. The molecule has 0 saturated heterocycles. The van der Waals surface area contributed by atoms with Gasteiger partial charge in [0.1, 0.15) is 5.02 Å². The molecule has 2 aromatic rings. The molecule has 7 heteroatoms. The molecule has 0 fully saturated rings. The Hall–Kier alpha value is -1.30. The van der Waals surface area contributed by atoms with Crippen molar-refractivity contribution >= 4 is 46.4 Å². The Bertz CT molecular complexity index is 640. The molecule has 2 rings (SSSR count). The number of hydrogen-bond donors (Lipinski definition) is 2. The van der Waals surface area contributed by atoms with Crippen LogP contribution in [0.25, 0.3) is 0 Å². The number of hydrogen-bond acceptors (Lipinski definition) is 2. The number of nitrogens with one attached hydrogen (secondary N) is 2. The SMILES string of the molecule is CC(C)NC(=S)Nc1nn(Cc2ccccc2Cl)cc1Cl. The fraction of sp³-hybridized carbons (Fsp3) is 0.286. The number of thiocarbonyl (C=S) groups is 1. The topological polar surface area (TPSA) is 41.9 Å². The number of benzene rings is 1. The normalized spacial score (nSPS) is 10.7. The van der Waals surface area contributed by atoms with E-state index in [9.17, 15) is 0 Å². The van der Waals surface area contributed by atoms with E-state index in [0.29, 0.717) is 27.5 Å². The number of nitrogens with zero attached hydrogens (tertiary/aromatic N) is 2. The van der Waals surface area contributed by atoms with Gasteiger partial charge in [-0.15, -0.1) is 0 Å². The van der Waals surface area contributed by atoms with Gasteiger partial charge in [-0.1, -0.05) is 41.4 Å². The molecule has 112 valence electrons. The van der Waals surface area contributed by atoms with Crippen molar-refractivity contribution in [1.82, 2.24) is 15.1 Å². The first-order valence-electron chi connectivity index (χ1n) is 6.49. The van der Waals surface area contributed by atoms with Gasteiger partial charge in [-0.2, -0.15) is 5.10 Å². The smallest absolute Gasteiger partial charge is 0.173 e. The van der Waals surface area contributed by atoms with E-state index in [1.807, 2.05) is 38.1 Å². The van der Waals surface area contributed by atoms with Crippen molar-refractivity contribution in [2.45, 2.75) is 26.4 Å². The Morgan fingerprint density at radius 3 is 2.67 bits per heavy atom. The molecule has 0 spiro atoms. The van der Waals surface area contributed by atoms with Gasteiger partial charge in [-0.3, -0.25) is 4.68 Å². The van der Waals surface area contributed by atoms with Crippen LogP contribution in [-0.4, -0.2) is 20.9 Å². The van der Waals surface area contributed by atoms with Crippen molar-refractivity contribution in [2.24, 2.45) is 0 Å². The molecule has 0 aliphatic carbocycles. The number of halogens is 2. The largest absolute Gasteiger partial charge is 0.360 e.